The number of halogens is 1. The van der Waals surface area contributed by atoms with Gasteiger partial charge in [0.05, 0.1) is 5.69 Å². The maximum absolute atomic E-state index is 5.68. The second-order valence-electron chi connectivity index (χ2n) is 6.42. The van der Waals surface area contributed by atoms with Gasteiger partial charge in [-0.3, -0.25) is 0 Å². The summed E-state index contributed by atoms with van der Waals surface area (Å²) in [5.41, 5.74) is 2.18. The topological polar surface area (TPSA) is 42.2 Å². The number of aromatic nitrogens is 3. The minimum Gasteiger partial charge on any atom is -0.368 e. The van der Waals surface area contributed by atoms with E-state index in [4.69, 9.17) is 11.6 Å². The van der Waals surface area contributed by atoms with Crippen LogP contribution in [0.15, 0.2) is 18.5 Å². The van der Waals surface area contributed by atoms with E-state index in [1.165, 1.54) is 12.8 Å². The molecular formula is C16H25ClN4. The zero-order chi connectivity index (χ0) is 15.3. The van der Waals surface area contributed by atoms with E-state index in [2.05, 4.69) is 42.2 Å². The Bertz CT molecular complexity index is 571. The lowest BCUT2D eigenvalue weighted by Gasteiger charge is -2.13. The van der Waals surface area contributed by atoms with Crippen LogP contribution in [-0.4, -0.2) is 27.0 Å². The van der Waals surface area contributed by atoms with Crippen LogP contribution in [-0.2, 0) is 5.41 Å². The molecule has 0 atom stereocenters. The lowest BCUT2D eigenvalue weighted by atomic mass is 9.92. The molecule has 0 radical (unpaired) electrons. The second-order valence-corrected chi connectivity index (χ2v) is 6.79. The van der Waals surface area contributed by atoms with Gasteiger partial charge in [0.1, 0.15) is 5.52 Å². The van der Waals surface area contributed by atoms with E-state index < -0.39 is 0 Å². The molecule has 2 heterocycles. The van der Waals surface area contributed by atoms with Crippen LogP contribution in [0.2, 0.25) is 0 Å². The van der Waals surface area contributed by atoms with Gasteiger partial charge >= 0.3 is 0 Å². The van der Waals surface area contributed by atoms with Crippen molar-refractivity contribution in [2.75, 3.05) is 17.7 Å². The van der Waals surface area contributed by atoms with Crippen molar-refractivity contribution in [3.8, 4) is 0 Å². The average Bonchev–Trinajstić information content (AvgIpc) is 2.87. The monoisotopic (exact) mass is 308 g/mol. The zero-order valence-electron chi connectivity index (χ0n) is 13.2. The molecule has 0 aliphatic rings. The molecule has 0 spiro atoms. The summed E-state index contributed by atoms with van der Waals surface area (Å²) in [5, 5.41) is 8.06. The molecule has 2 rings (SSSR count). The Kier molecular flexibility index (Phi) is 5.45. The SMILES string of the molecule is CC(C)(C)c1cc2c(NCCCCCCCl)nccn2n1. The molecule has 0 fully saturated rings. The molecule has 116 valence electrons. The molecule has 5 heteroatoms. The number of nitrogens with one attached hydrogen (secondary N) is 1. The first-order valence-electron chi connectivity index (χ1n) is 7.67. The van der Waals surface area contributed by atoms with Gasteiger partial charge in [-0.25, -0.2) is 9.50 Å². The van der Waals surface area contributed by atoms with Gasteiger partial charge in [-0.1, -0.05) is 33.6 Å². The van der Waals surface area contributed by atoms with E-state index in [9.17, 15) is 0 Å². The molecular weight excluding hydrogens is 284 g/mol. The summed E-state index contributed by atoms with van der Waals surface area (Å²) in [6.45, 7) is 7.45. The van der Waals surface area contributed by atoms with Crippen molar-refractivity contribution in [2.45, 2.75) is 51.9 Å². The van der Waals surface area contributed by atoms with Crippen LogP contribution < -0.4 is 5.32 Å². The van der Waals surface area contributed by atoms with Crippen LogP contribution >= 0.6 is 11.6 Å². The Balaban J connectivity index is 2.01. The highest BCUT2D eigenvalue weighted by atomic mass is 35.5. The molecule has 0 aromatic carbocycles. The molecule has 2 aromatic rings. The fourth-order valence-corrected chi connectivity index (χ4v) is 2.39. The van der Waals surface area contributed by atoms with E-state index >= 15 is 0 Å². The molecule has 4 nitrogen and oxygen atoms in total. The van der Waals surface area contributed by atoms with Crippen molar-refractivity contribution in [2.24, 2.45) is 0 Å². The fourth-order valence-electron chi connectivity index (χ4n) is 2.20. The maximum Gasteiger partial charge on any atom is 0.152 e. The molecule has 2 aromatic heterocycles. The Morgan fingerprint density at radius 2 is 1.95 bits per heavy atom. The molecule has 0 aliphatic carbocycles. The van der Waals surface area contributed by atoms with Gasteiger partial charge in [0.15, 0.2) is 5.82 Å². The summed E-state index contributed by atoms with van der Waals surface area (Å²) < 4.78 is 1.91. The van der Waals surface area contributed by atoms with E-state index in [0.29, 0.717) is 0 Å². The Morgan fingerprint density at radius 3 is 2.67 bits per heavy atom. The minimum absolute atomic E-state index is 0.0465. The lowest BCUT2D eigenvalue weighted by molar-refractivity contribution is 0.562. The number of hydrogen-bond acceptors (Lipinski definition) is 3. The number of nitrogens with zero attached hydrogens (tertiary/aromatic N) is 3. The highest BCUT2D eigenvalue weighted by molar-refractivity contribution is 6.17. The maximum atomic E-state index is 5.68. The summed E-state index contributed by atoms with van der Waals surface area (Å²) in [6, 6.07) is 2.13. The van der Waals surface area contributed by atoms with Gasteiger partial charge in [-0.2, -0.15) is 5.10 Å². The predicted molar refractivity (Wildman–Crippen MR) is 89.4 cm³/mol. The molecule has 0 saturated heterocycles. The fraction of sp³-hybridized carbons (Fsp3) is 0.625. The van der Waals surface area contributed by atoms with Crippen molar-refractivity contribution in [3.05, 3.63) is 24.2 Å². The minimum atomic E-state index is 0.0465. The molecule has 0 bridgehead atoms. The van der Waals surface area contributed by atoms with Crippen LogP contribution in [0.5, 0.6) is 0 Å². The number of unbranched alkanes of at least 4 members (excludes halogenated alkanes) is 3. The normalized spacial score (nSPS) is 12.0. The Labute approximate surface area is 131 Å². The summed E-state index contributed by atoms with van der Waals surface area (Å²) >= 11 is 5.68. The third-order valence-corrected chi connectivity index (χ3v) is 3.78. The second kappa shape index (κ2) is 7.12. The van der Waals surface area contributed by atoms with Crippen molar-refractivity contribution in [3.63, 3.8) is 0 Å². The molecule has 0 amide bonds. The van der Waals surface area contributed by atoms with Crippen molar-refractivity contribution >= 4 is 22.9 Å². The summed E-state index contributed by atoms with van der Waals surface area (Å²) in [6.07, 6.45) is 8.34. The van der Waals surface area contributed by atoms with E-state index in [1.54, 1.807) is 6.20 Å². The number of anilines is 1. The van der Waals surface area contributed by atoms with Crippen LogP contribution in [0.25, 0.3) is 5.52 Å². The van der Waals surface area contributed by atoms with E-state index in [0.717, 1.165) is 42.3 Å². The van der Waals surface area contributed by atoms with E-state index in [1.807, 2.05) is 10.7 Å². The van der Waals surface area contributed by atoms with Crippen LogP contribution in [0.1, 0.15) is 52.1 Å². The molecule has 0 aliphatic heterocycles. The number of alkyl halides is 1. The van der Waals surface area contributed by atoms with Gasteiger partial charge in [-0.05, 0) is 18.9 Å². The highest BCUT2D eigenvalue weighted by Gasteiger charge is 2.18. The standard InChI is InChI=1S/C16H25ClN4/c1-16(2,3)14-12-13-15(19-10-11-21(13)20-14)18-9-7-5-4-6-8-17/h10-12H,4-9H2,1-3H3,(H,18,19). The van der Waals surface area contributed by atoms with Crippen molar-refractivity contribution in [1.29, 1.82) is 0 Å². The van der Waals surface area contributed by atoms with Crippen molar-refractivity contribution in [1.82, 2.24) is 14.6 Å². The van der Waals surface area contributed by atoms with Crippen molar-refractivity contribution < 1.29 is 0 Å². The number of hydrogen-bond donors (Lipinski definition) is 1. The smallest absolute Gasteiger partial charge is 0.152 e. The largest absolute Gasteiger partial charge is 0.368 e. The van der Waals surface area contributed by atoms with Gasteiger partial charge in [0, 0.05) is 30.2 Å². The van der Waals surface area contributed by atoms with Gasteiger partial charge in [0.2, 0.25) is 0 Å². The molecule has 1 N–H and O–H groups in total. The number of fused-ring (bicyclic) bond motifs is 1. The van der Waals surface area contributed by atoms with Gasteiger partial charge in [0.25, 0.3) is 0 Å². The third kappa shape index (κ3) is 4.34. The predicted octanol–water partition coefficient (Wildman–Crippen LogP) is 4.24. The molecule has 21 heavy (non-hydrogen) atoms. The third-order valence-electron chi connectivity index (χ3n) is 3.51. The van der Waals surface area contributed by atoms with Crippen LogP contribution in [0.3, 0.4) is 0 Å². The summed E-state index contributed by atoms with van der Waals surface area (Å²) in [7, 11) is 0. The first kappa shape index (κ1) is 16.1. The highest BCUT2D eigenvalue weighted by Crippen LogP contribution is 2.24. The van der Waals surface area contributed by atoms with E-state index in [-0.39, 0.29) is 5.41 Å². The Hall–Kier alpha value is -1.29. The molecule has 0 saturated carbocycles. The summed E-state index contributed by atoms with van der Waals surface area (Å²) in [5.74, 6) is 1.68. The zero-order valence-corrected chi connectivity index (χ0v) is 14.0. The lowest BCUT2D eigenvalue weighted by Crippen LogP contribution is -2.11. The molecule has 0 unspecified atom stereocenters. The first-order chi connectivity index (χ1) is 10.0. The van der Waals surface area contributed by atoms with Crippen LogP contribution in [0, 0.1) is 0 Å². The Morgan fingerprint density at radius 1 is 1.19 bits per heavy atom. The first-order valence-corrected chi connectivity index (χ1v) is 8.20. The quantitative estimate of drug-likeness (QED) is 0.614. The number of rotatable bonds is 7. The van der Waals surface area contributed by atoms with Gasteiger partial charge < -0.3 is 5.32 Å². The van der Waals surface area contributed by atoms with Gasteiger partial charge in [-0.15, -0.1) is 11.6 Å². The average molecular weight is 309 g/mol. The van der Waals surface area contributed by atoms with Crippen LogP contribution in [0.4, 0.5) is 5.82 Å². The summed E-state index contributed by atoms with van der Waals surface area (Å²) in [4.78, 5) is 4.44.